The fourth-order valence-electron chi connectivity index (χ4n) is 3.32. The zero-order valence-corrected chi connectivity index (χ0v) is 17.8. The van der Waals surface area contributed by atoms with Gasteiger partial charge in [-0.1, -0.05) is 42.5 Å². The van der Waals surface area contributed by atoms with Gasteiger partial charge in [-0.15, -0.1) is 0 Å². The van der Waals surface area contributed by atoms with Crippen LogP contribution in [0.3, 0.4) is 0 Å². The molecular formula is C24H26F3N3O2. The van der Waals surface area contributed by atoms with Crippen LogP contribution in [-0.2, 0) is 30.5 Å². The van der Waals surface area contributed by atoms with E-state index in [9.17, 15) is 18.0 Å². The van der Waals surface area contributed by atoms with Crippen LogP contribution in [-0.4, -0.2) is 35.8 Å². The summed E-state index contributed by atoms with van der Waals surface area (Å²) in [4.78, 5) is 14.4. The number of benzene rings is 2. The molecule has 32 heavy (non-hydrogen) atoms. The number of ether oxygens (including phenoxy) is 1. The molecule has 3 rings (SSSR count). The second kappa shape index (κ2) is 10.9. The van der Waals surface area contributed by atoms with Crippen LogP contribution in [0.1, 0.15) is 22.4 Å². The van der Waals surface area contributed by atoms with Gasteiger partial charge in [0.2, 0.25) is 0 Å². The number of alkyl halides is 3. The predicted molar refractivity (Wildman–Crippen MR) is 116 cm³/mol. The fourth-order valence-corrected chi connectivity index (χ4v) is 3.32. The van der Waals surface area contributed by atoms with Crippen molar-refractivity contribution in [3.8, 4) is 0 Å². The Labute approximate surface area is 185 Å². The quantitative estimate of drug-likeness (QED) is 0.509. The van der Waals surface area contributed by atoms with E-state index in [1.54, 1.807) is 24.3 Å². The Morgan fingerprint density at radius 1 is 1.03 bits per heavy atom. The van der Waals surface area contributed by atoms with Crippen LogP contribution in [0.25, 0.3) is 0 Å². The van der Waals surface area contributed by atoms with Crippen LogP contribution in [0.2, 0.25) is 0 Å². The number of halogens is 3. The van der Waals surface area contributed by atoms with Crippen molar-refractivity contribution in [1.29, 1.82) is 0 Å². The summed E-state index contributed by atoms with van der Waals surface area (Å²) in [5.74, 6) is 0. The summed E-state index contributed by atoms with van der Waals surface area (Å²) in [6, 6.07) is 18.3. The van der Waals surface area contributed by atoms with E-state index in [4.69, 9.17) is 4.74 Å². The van der Waals surface area contributed by atoms with Gasteiger partial charge in [-0.3, -0.25) is 0 Å². The van der Waals surface area contributed by atoms with Gasteiger partial charge in [0, 0.05) is 38.6 Å². The molecule has 1 N–H and O–H groups in total. The highest BCUT2D eigenvalue weighted by atomic mass is 19.4. The lowest BCUT2D eigenvalue weighted by molar-refractivity contribution is -0.137. The molecule has 8 heteroatoms. The predicted octanol–water partition coefficient (Wildman–Crippen LogP) is 4.91. The summed E-state index contributed by atoms with van der Waals surface area (Å²) in [6.07, 6.45) is -2.59. The first-order chi connectivity index (χ1) is 15.4. The summed E-state index contributed by atoms with van der Waals surface area (Å²) < 4.78 is 46.1. The molecule has 0 saturated heterocycles. The average molecular weight is 445 g/mol. The molecule has 5 nitrogen and oxygen atoms in total. The number of nitrogens with one attached hydrogen (secondary N) is 1. The summed E-state index contributed by atoms with van der Waals surface area (Å²) in [5.41, 5.74) is 1.66. The first-order valence-electron chi connectivity index (χ1n) is 10.2. The second-order valence-corrected chi connectivity index (χ2v) is 7.38. The van der Waals surface area contributed by atoms with Gasteiger partial charge >= 0.3 is 12.2 Å². The number of carbonyl (C=O) groups is 1. The molecule has 0 spiro atoms. The Morgan fingerprint density at radius 3 is 2.50 bits per heavy atom. The van der Waals surface area contributed by atoms with Gasteiger partial charge in [0.15, 0.2) is 0 Å². The molecule has 0 fully saturated rings. The number of methoxy groups -OCH3 is 1. The molecule has 2 amide bonds. The van der Waals surface area contributed by atoms with Gasteiger partial charge in [0.05, 0.1) is 18.7 Å². The lowest BCUT2D eigenvalue weighted by Crippen LogP contribution is -2.41. The maximum atomic E-state index is 13.0. The van der Waals surface area contributed by atoms with Crippen molar-refractivity contribution in [1.82, 2.24) is 14.8 Å². The summed E-state index contributed by atoms with van der Waals surface area (Å²) in [7, 11) is 1.57. The molecule has 0 saturated carbocycles. The van der Waals surface area contributed by atoms with Crippen molar-refractivity contribution < 1.29 is 22.7 Å². The van der Waals surface area contributed by atoms with E-state index in [0.29, 0.717) is 31.8 Å². The summed E-state index contributed by atoms with van der Waals surface area (Å²) in [5, 5.41) is 2.91. The normalized spacial score (nSPS) is 11.4. The van der Waals surface area contributed by atoms with E-state index in [0.717, 1.165) is 23.4 Å². The van der Waals surface area contributed by atoms with Gasteiger partial charge in [-0.2, -0.15) is 13.2 Å². The molecule has 1 aromatic heterocycles. The Balaban J connectivity index is 1.70. The van der Waals surface area contributed by atoms with Crippen LogP contribution < -0.4 is 5.32 Å². The van der Waals surface area contributed by atoms with Crippen LogP contribution in [0.5, 0.6) is 0 Å². The molecular weight excluding hydrogens is 419 g/mol. The zero-order valence-electron chi connectivity index (χ0n) is 17.8. The largest absolute Gasteiger partial charge is 0.416 e. The van der Waals surface area contributed by atoms with Crippen molar-refractivity contribution in [2.45, 2.75) is 25.8 Å². The molecule has 0 aliphatic rings. The van der Waals surface area contributed by atoms with Crippen molar-refractivity contribution in [2.24, 2.45) is 0 Å². The van der Waals surface area contributed by atoms with Crippen LogP contribution in [0.4, 0.5) is 18.0 Å². The fraction of sp³-hybridized carbons (Fsp3) is 0.292. The van der Waals surface area contributed by atoms with E-state index >= 15 is 0 Å². The molecule has 1 heterocycles. The van der Waals surface area contributed by atoms with Crippen LogP contribution >= 0.6 is 0 Å². The van der Waals surface area contributed by atoms with Crippen molar-refractivity contribution >= 4 is 6.03 Å². The number of hydrogen-bond donors (Lipinski definition) is 1. The van der Waals surface area contributed by atoms with Gasteiger partial charge in [-0.25, -0.2) is 4.79 Å². The second-order valence-electron chi connectivity index (χ2n) is 7.38. The summed E-state index contributed by atoms with van der Waals surface area (Å²) in [6.45, 7) is 1.72. The Morgan fingerprint density at radius 2 is 1.78 bits per heavy atom. The molecule has 0 radical (unpaired) electrons. The number of hydrogen-bond acceptors (Lipinski definition) is 2. The van der Waals surface area contributed by atoms with Crippen LogP contribution in [0, 0.1) is 0 Å². The number of urea groups is 1. The van der Waals surface area contributed by atoms with Gasteiger partial charge in [-0.05, 0) is 35.4 Å². The smallest absolute Gasteiger partial charge is 0.383 e. The lowest BCUT2D eigenvalue weighted by atomic mass is 10.1. The van der Waals surface area contributed by atoms with Gasteiger partial charge in [0.1, 0.15) is 0 Å². The number of aromatic nitrogens is 1. The monoisotopic (exact) mass is 445 g/mol. The van der Waals surface area contributed by atoms with Crippen molar-refractivity contribution in [3.05, 3.63) is 95.3 Å². The van der Waals surface area contributed by atoms with E-state index in [1.165, 1.54) is 6.07 Å². The molecule has 0 unspecified atom stereocenters. The van der Waals surface area contributed by atoms with E-state index < -0.39 is 11.7 Å². The first kappa shape index (κ1) is 23.4. The molecule has 3 aromatic rings. The van der Waals surface area contributed by atoms with Crippen LogP contribution in [0.15, 0.2) is 72.9 Å². The maximum Gasteiger partial charge on any atom is 0.416 e. The molecule has 0 aliphatic heterocycles. The first-order valence-corrected chi connectivity index (χ1v) is 10.2. The van der Waals surface area contributed by atoms with E-state index in [1.807, 2.05) is 47.0 Å². The highest BCUT2D eigenvalue weighted by Gasteiger charge is 2.30. The molecule has 2 aromatic carbocycles. The molecule has 0 bridgehead atoms. The number of rotatable bonds is 9. The summed E-state index contributed by atoms with van der Waals surface area (Å²) >= 11 is 0. The maximum absolute atomic E-state index is 13.0. The highest BCUT2D eigenvalue weighted by Crippen LogP contribution is 2.29. The third-order valence-electron chi connectivity index (χ3n) is 5.02. The number of carbonyl (C=O) groups excluding carboxylic acids is 1. The van der Waals surface area contributed by atoms with Gasteiger partial charge < -0.3 is 19.5 Å². The topological polar surface area (TPSA) is 46.5 Å². The Hall–Kier alpha value is -3.26. The highest BCUT2D eigenvalue weighted by molar-refractivity contribution is 5.74. The standard InChI is InChI=1S/C24H26F3N3O2/c1-32-14-13-30(23(31)28-16-19-7-3-2-4-8-19)18-22-11-6-12-29(22)17-20-9-5-10-21(15-20)24(25,26)27/h2-12,15H,13-14,16-18H2,1H3,(H,28,31). The zero-order chi connectivity index (χ0) is 23.0. The minimum absolute atomic E-state index is 0.238. The molecule has 0 atom stereocenters. The van der Waals surface area contributed by atoms with E-state index in [2.05, 4.69) is 5.32 Å². The van der Waals surface area contributed by atoms with Gasteiger partial charge in [0.25, 0.3) is 0 Å². The lowest BCUT2D eigenvalue weighted by Gasteiger charge is -2.24. The molecule has 170 valence electrons. The SMILES string of the molecule is COCCN(Cc1cccn1Cc1cccc(C(F)(F)F)c1)C(=O)NCc1ccccc1. The Kier molecular flexibility index (Phi) is 7.94. The minimum atomic E-state index is -4.39. The number of amides is 2. The van der Waals surface area contributed by atoms with Crippen molar-refractivity contribution in [2.75, 3.05) is 20.3 Å². The Bertz CT molecular complexity index is 1000. The average Bonchev–Trinajstić information content (AvgIpc) is 3.21. The third kappa shape index (κ3) is 6.62. The van der Waals surface area contributed by atoms with Crippen molar-refractivity contribution in [3.63, 3.8) is 0 Å². The molecule has 0 aliphatic carbocycles. The van der Waals surface area contributed by atoms with E-state index in [-0.39, 0.29) is 12.6 Å². The third-order valence-corrected chi connectivity index (χ3v) is 5.02. The minimum Gasteiger partial charge on any atom is -0.383 e. The number of nitrogens with zero attached hydrogens (tertiary/aromatic N) is 2.